The average Bonchev–Trinajstić information content (AvgIpc) is 2.41. The second-order valence-corrected chi connectivity index (χ2v) is 4.35. The molecule has 0 amide bonds. The molecule has 0 aromatic carbocycles. The first kappa shape index (κ1) is 17.9. The largest absolute Gasteiger partial charge is 0.426 e. The SMILES string of the molecule is CC/C=C(\O/C(=C\CC)N(CC)CC)N(CC)CC. The number of ether oxygens (including phenoxy) is 1. The molecule has 0 fully saturated rings. The standard InChI is InChI=1S/C16H32N2O/c1-7-13-15(17(9-3)10-4)19-16(14-8-2)18(11-5)12-6/h13-14H,7-12H2,1-6H3/b15-13-,16-14-. The predicted octanol–water partition coefficient (Wildman–Crippen LogP) is 4.19. The molecule has 0 saturated carbocycles. The Kier molecular flexibility index (Phi) is 10.1. The average molecular weight is 268 g/mol. The van der Waals surface area contributed by atoms with E-state index in [-0.39, 0.29) is 0 Å². The van der Waals surface area contributed by atoms with Crippen LogP contribution in [0.3, 0.4) is 0 Å². The van der Waals surface area contributed by atoms with Crippen LogP contribution in [0.15, 0.2) is 23.9 Å². The van der Waals surface area contributed by atoms with E-state index in [9.17, 15) is 0 Å². The summed E-state index contributed by atoms with van der Waals surface area (Å²) in [7, 11) is 0. The van der Waals surface area contributed by atoms with E-state index in [0.717, 1.165) is 50.8 Å². The van der Waals surface area contributed by atoms with E-state index in [1.165, 1.54) is 0 Å². The highest BCUT2D eigenvalue weighted by Crippen LogP contribution is 2.16. The van der Waals surface area contributed by atoms with Crippen LogP contribution in [0.4, 0.5) is 0 Å². The molecular weight excluding hydrogens is 236 g/mol. The van der Waals surface area contributed by atoms with E-state index < -0.39 is 0 Å². The second-order valence-electron chi connectivity index (χ2n) is 4.35. The Labute approximate surface area is 119 Å². The van der Waals surface area contributed by atoms with Crippen LogP contribution in [0.1, 0.15) is 54.4 Å². The fourth-order valence-corrected chi connectivity index (χ4v) is 2.00. The van der Waals surface area contributed by atoms with E-state index in [4.69, 9.17) is 4.74 Å². The molecule has 0 aliphatic rings. The van der Waals surface area contributed by atoms with Gasteiger partial charge in [0.2, 0.25) is 0 Å². The molecule has 0 radical (unpaired) electrons. The Balaban J connectivity index is 5.05. The summed E-state index contributed by atoms with van der Waals surface area (Å²) in [6, 6.07) is 0. The summed E-state index contributed by atoms with van der Waals surface area (Å²) in [6.07, 6.45) is 6.31. The van der Waals surface area contributed by atoms with Crippen LogP contribution in [0.2, 0.25) is 0 Å². The van der Waals surface area contributed by atoms with Crippen molar-refractivity contribution in [2.45, 2.75) is 54.4 Å². The summed E-state index contributed by atoms with van der Waals surface area (Å²) in [6.45, 7) is 16.8. The van der Waals surface area contributed by atoms with Gasteiger partial charge in [-0.05, 0) is 52.7 Å². The molecule has 0 N–H and O–H groups in total. The van der Waals surface area contributed by atoms with Crippen molar-refractivity contribution in [3.8, 4) is 0 Å². The summed E-state index contributed by atoms with van der Waals surface area (Å²) < 4.78 is 6.19. The number of hydrogen-bond donors (Lipinski definition) is 0. The molecule has 112 valence electrons. The highest BCUT2D eigenvalue weighted by Gasteiger charge is 2.13. The molecule has 0 atom stereocenters. The monoisotopic (exact) mass is 268 g/mol. The highest BCUT2D eigenvalue weighted by atomic mass is 16.5. The Hall–Kier alpha value is -1.12. The lowest BCUT2D eigenvalue weighted by atomic mass is 10.4. The van der Waals surface area contributed by atoms with Crippen LogP contribution in [-0.4, -0.2) is 36.0 Å². The van der Waals surface area contributed by atoms with Crippen LogP contribution in [0, 0.1) is 0 Å². The van der Waals surface area contributed by atoms with Crippen molar-refractivity contribution in [2.75, 3.05) is 26.2 Å². The zero-order valence-electron chi connectivity index (χ0n) is 13.7. The fraction of sp³-hybridized carbons (Fsp3) is 0.750. The molecule has 19 heavy (non-hydrogen) atoms. The summed E-state index contributed by atoms with van der Waals surface area (Å²) >= 11 is 0. The van der Waals surface area contributed by atoms with E-state index in [2.05, 4.69) is 63.5 Å². The molecule has 0 aliphatic heterocycles. The lowest BCUT2D eigenvalue weighted by Gasteiger charge is -2.30. The van der Waals surface area contributed by atoms with Gasteiger partial charge >= 0.3 is 0 Å². The Morgan fingerprint density at radius 2 is 1.00 bits per heavy atom. The third kappa shape index (κ3) is 6.04. The van der Waals surface area contributed by atoms with Gasteiger partial charge in [-0.1, -0.05) is 13.8 Å². The van der Waals surface area contributed by atoms with Gasteiger partial charge in [0.05, 0.1) is 0 Å². The van der Waals surface area contributed by atoms with Crippen LogP contribution in [-0.2, 0) is 4.74 Å². The second kappa shape index (κ2) is 10.8. The molecule has 0 spiro atoms. The van der Waals surface area contributed by atoms with Crippen LogP contribution < -0.4 is 0 Å². The Morgan fingerprint density at radius 1 is 0.684 bits per heavy atom. The van der Waals surface area contributed by atoms with Crippen molar-refractivity contribution >= 4 is 0 Å². The van der Waals surface area contributed by atoms with E-state index in [1.54, 1.807) is 0 Å². The fourth-order valence-electron chi connectivity index (χ4n) is 2.00. The van der Waals surface area contributed by atoms with Gasteiger partial charge in [0.25, 0.3) is 0 Å². The summed E-state index contributed by atoms with van der Waals surface area (Å²) in [5.74, 6) is 1.97. The minimum Gasteiger partial charge on any atom is -0.426 e. The van der Waals surface area contributed by atoms with Gasteiger partial charge in [-0.25, -0.2) is 0 Å². The summed E-state index contributed by atoms with van der Waals surface area (Å²) in [5, 5.41) is 0. The van der Waals surface area contributed by atoms with Crippen molar-refractivity contribution < 1.29 is 4.74 Å². The minimum absolute atomic E-state index is 0.972. The molecule has 0 saturated heterocycles. The van der Waals surface area contributed by atoms with E-state index in [0.29, 0.717) is 0 Å². The molecule has 0 aliphatic carbocycles. The van der Waals surface area contributed by atoms with Gasteiger partial charge in [0.15, 0.2) is 11.8 Å². The minimum atomic E-state index is 0.972. The lowest BCUT2D eigenvalue weighted by Crippen LogP contribution is -2.29. The molecule has 3 nitrogen and oxygen atoms in total. The quantitative estimate of drug-likeness (QED) is 0.553. The maximum Gasteiger partial charge on any atom is 0.193 e. The molecule has 0 heterocycles. The normalized spacial score (nSPS) is 12.5. The van der Waals surface area contributed by atoms with Crippen LogP contribution in [0.25, 0.3) is 0 Å². The van der Waals surface area contributed by atoms with Gasteiger partial charge in [-0.2, -0.15) is 0 Å². The number of nitrogens with zero attached hydrogens (tertiary/aromatic N) is 2. The van der Waals surface area contributed by atoms with Crippen LogP contribution >= 0.6 is 0 Å². The van der Waals surface area contributed by atoms with Crippen molar-refractivity contribution in [2.24, 2.45) is 0 Å². The summed E-state index contributed by atoms with van der Waals surface area (Å²) in [5.41, 5.74) is 0. The van der Waals surface area contributed by atoms with Gasteiger partial charge in [-0.15, -0.1) is 0 Å². The van der Waals surface area contributed by atoms with Crippen molar-refractivity contribution in [3.05, 3.63) is 23.9 Å². The molecule has 0 rings (SSSR count). The molecule has 3 heteroatoms. The topological polar surface area (TPSA) is 15.7 Å². The van der Waals surface area contributed by atoms with E-state index in [1.807, 2.05) is 0 Å². The molecule has 0 aromatic rings. The first-order valence-electron chi connectivity index (χ1n) is 7.76. The van der Waals surface area contributed by atoms with Crippen LogP contribution in [0.5, 0.6) is 0 Å². The molecule has 0 aromatic heterocycles. The summed E-state index contributed by atoms with van der Waals surface area (Å²) in [4.78, 5) is 4.52. The number of hydrogen-bond acceptors (Lipinski definition) is 3. The molecular formula is C16H32N2O. The van der Waals surface area contributed by atoms with Gasteiger partial charge < -0.3 is 14.5 Å². The Morgan fingerprint density at radius 3 is 1.21 bits per heavy atom. The third-order valence-corrected chi connectivity index (χ3v) is 3.12. The first-order valence-corrected chi connectivity index (χ1v) is 7.76. The zero-order valence-corrected chi connectivity index (χ0v) is 13.7. The molecule has 0 bridgehead atoms. The molecule has 0 unspecified atom stereocenters. The van der Waals surface area contributed by atoms with Crippen molar-refractivity contribution in [1.29, 1.82) is 0 Å². The van der Waals surface area contributed by atoms with E-state index >= 15 is 0 Å². The highest BCUT2D eigenvalue weighted by molar-refractivity contribution is 5.01. The first-order chi connectivity index (χ1) is 9.18. The Bertz CT molecular complexity index is 248. The number of rotatable bonds is 10. The third-order valence-electron chi connectivity index (χ3n) is 3.12. The maximum atomic E-state index is 6.19. The van der Waals surface area contributed by atoms with Gasteiger partial charge in [-0.3, -0.25) is 0 Å². The van der Waals surface area contributed by atoms with Gasteiger partial charge in [0.1, 0.15) is 0 Å². The van der Waals surface area contributed by atoms with Crippen molar-refractivity contribution in [3.63, 3.8) is 0 Å². The predicted molar refractivity (Wildman–Crippen MR) is 83.7 cm³/mol. The number of allylic oxidation sites excluding steroid dienone is 2. The zero-order chi connectivity index (χ0) is 14.7. The van der Waals surface area contributed by atoms with Gasteiger partial charge in [0, 0.05) is 26.2 Å². The van der Waals surface area contributed by atoms with Crippen molar-refractivity contribution in [1.82, 2.24) is 9.80 Å². The lowest BCUT2D eigenvalue weighted by molar-refractivity contribution is 0.106. The smallest absolute Gasteiger partial charge is 0.193 e. The maximum absolute atomic E-state index is 6.19.